The summed E-state index contributed by atoms with van der Waals surface area (Å²) in [6, 6.07) is 22.2. The topological polar surface area (TPSA) is 46.5 Å². The van der Waals surface area contributed by atoms with Gasteiger partial charge >= 0.3 is 0 Å². The molecule has 1 atom stereocenters. The first-order valence-electron chi connectivity index (χ1n) is 8.85. The molecule has 0 fully saturated rings. The molecule has 0 radical (unpaired) electrons. The number of hydrogen-bond donors (Lipinski definition) is 1. The van der Waals surface area contributed by atoms with E-state index in [0.717, 1.165) is 11.1 Å². The molecule has 0 aliphatic carbocycles. The van der Waals surface area contributed by atoms with Gasteiger partial charge < -0.3 is 9.84 Å². The van der Waals surface area contributed by atoms with Gasteiger partial charge in [0.25, 0.3) is 0 Å². The van der Waals surface area contributed by atoms with E-state index in [2.05, 4.69) is 0 Å². The number of carbonyl (C=O) groups excluding carboxylic acids is 1. The number of carbonyl (C=O) groups is 1. The maximum Gasteiger partial charge on any atom is 0.189 e. The molecular weight excluding hydrogens is 372 g/mol. The fourth-order valence-electron chi connectivity index (χ4n) is 3.08. The fourth-order valence-corrected chi connectivity index (χ4v) is 3.34. The summed E-state index contributed by atoms with van der Waals surface area (Å²) in [6.07, 6.45) is 4.59. The molecule has 3 nitrogen and oxygen atoms in total. The van der Waals surface area contributed by atoms with Crippen molar-refractivity contribution in [3.8, 4) is 11.5 Å². The number of benzene rings is 3. The molecular formula is C24H17ClO3. The second-order valence-corrected chi connectivity index (χ2v) is 6.84. The van der Waals surface area contributed by atoms with Crippen LogP contribution in [-0.4, -0.2) is 10.9 Å². The van der Waals surface area contributed by atoms with E-state index in [-0.39, 0.29) is 23.2 Å². The van der Waals surface area contributed by atoms with Crippen molar-refractivity contribution in [1.29, 1.82) is 0 Å². The number of aromatic hydroxyl groups is 1. The van der Waals surface area contributed by atoms with Crippen molar-refractivity contribution < 1.29 is 14.6 Å². The number of rotatable bonds is 4. The number of hydrogen-bond acceptors (Lipinski definition) is 3. The molecule has 4 rings (SSSR count). The highest BCUT2D eigenvalue weighted by atomic mass is 35.5. The highest BCUT2D eigenvalue weighted by molar-refractivity contribution is 6.49. The van der Waals surface area contributed by atoms with Crippen LogP contribution in [0.2, 0.25) is 0 Å². The van der Waals surface area contributed by atoms with Crippen LogP contribution in [0.15, 0.2) is 84.9 Å². The van der Waals surface area contributed by atoms with E-state index in [1.54, 1.807) is 18.2 Å². The van der Waals surface area contributed by atoms with Crippen molar-refractivity contribution in [2.75, 3.05) is 0 Å². The predicted molar refractivity (Wildman–Crippen MR) is 112 cm³/mol. The molecule has 1 aliphatic heterocycles. The highest BCUT2D eigenvalue weighted by Crippen LogP contribution is 2.42. The van der Waals surface area contributed by atoms with E-state index in [0.29, 0.717) is 16.3 Å². The molecule has 0 amide bonds. The normalized spacial score (nSPS) is 15.6. The van der Waals surface area contributed by atoms with Gasteiger partial charge in [0.1, 0.15) is 17.6 Å². The lowest BCUT2D eigenvalue weighted by molar-refractivity contribution is 0.104. The molecule has 0 aromatic heterocycles. The van der Waals surface area contributed by atoms with Gasteiger partial charge in [-0.25, -0.2) is 0 Å². The van der Waals surface area contributed by atoms with Crippen LogP contribution in [0.4, 0.5) is 0 Å². The fraction of sp³-hybridized carbons (Fsp3) is 0.0417. The van der Waals surface area contributed by atoms with Crippen molar-refractivity contribution in [3.05, 3.63) is 107 Å². The van der Waals surface area contributed by atoms with E-state index in [9.17, 15) is 9.90 Å². The van der Waals surface area contributed by atoms with Crippen molar-refractivity contribution in [2.24, 2.45) is 0 Å². The van der Waals surface area contributed by atoms with E-state index in [1.165, 1.54) is 12.1 Å². The minimum Gasteiger partial charge on any atom is -0.507 e. The lowest BCUT2D eigenvalue weighted by Crippen LogP contribution is -2.11. The Morgan fingerprint density at radius 2 is 1.68 bits per heavy atom. The minimum absolute atomic E-state index is 0.139. The molecule has 3 aromatic carbocycles. The van der Waals surface area contributed by atoms with Crippen LogP contribution in [0.5, 0.6) is 11.5 Å². The average Bonchev–Trinajstić information content (AvgIpc) is 2.73. The van der Waals surface area contributed by atoms with Gasteiger partial charge in [-0.3, -0.25) is 4.79 Å². The first-order valence-corrected chi connectivity index (χ1v) is 9.23. The summed E-state index contributed by atoms with van der Waals surface area (Å²) in [6.45, 7) is 0. The molecule has 0 spiro atoms. The Morgan fingerprint density at radius 3 is 2.39 bits per heavy atom. The Morgan fingerprint density at radius 1 is 1.00 bits per heavy atom. The Kier molecular flexibility index (Phi) is 5.00. The first-order chi connectivity index (χ1) is 13.6. The van der Waals surface area contributed by atoms with Gasteiger partial charge in [-0.2, -0.15) is 0 Å². The first kappa shape index (κ1) is 18.1. The quantitative estimate of drug-likeness (QED) is 0.440. The van der Waals surface area contributed by atoms with Crippen molar-refractivity contribution in [1.82, 2.24) is 0 Å². The summed E-state index contributed by atoms with van der Waals surface area (Å²) in [7, 11) is 0. The van der Waals surface area contributed by atoms with Gasteiger partial charge in [-0.15, -0.1) is 0 Å². The Balaban J connectivity index is 1.63. The van der Waals surface area contributed by atoms with Crippen LogP contribution in [0, 0.1) is 0 Å². The molecule has 0 bridgehead atoms. The second kappa shape index (κ2) is 7.75. The van der Waals surface area contributed by atoms with Crippen LogP contribution < -0.4 is 4.74 Å². The molecule has 1 unspecified atom stereocenters. The number of phenolic OH excluding ortho intramolecular Hbond substituents is 1. The van der Waals surface area contributed by atoms with Crippen LogP contribution in [0.25, 0.3) is 11.1 Å². The zero-order chi connectivity index (χ0) is 19.5. The summed E-state index contributed by atoms with van der Waals surface area (Å²) in [5, 5.41) is 10.9. The van der Waals surface area contributed by atoms with Crippen LogP contribution in [-0.2, 0) is 0 Å². The minimum atomic E-state index is -0.347. The molecule has 0 saturated heterocycles. The highest BCUT2D eigenvalue weighted by Gasteiger charge is 2.24. The molecule has 138 valence electrons. The average molecular weight is 389 g/mol. The largest absolute Gasteiger partial charge is 0.507 e. The summed E-state index contributed by atoms with van der Waals surface area (Å²) in [4.78, 5) is 12.6. The zero-order valence-electron chi connectivity index (χ0n) is 14.9. The number of phenols is 1. The van der Waals surface area contributed by atoms with E-state index in [4.69, 9.17) is 16.3 Å². The monoisotopic (exact) mass is 388 g/mol. The van der Waals surface area contributed by atoms with E-state index >= 15 is 0 Å². The number of ether oxygens (including phenoxy) is 1. The third-order valence-electron chi connectivity index (χ3n) is 4.53. The molecule has 1 heterocycles. The maximum absolute atomic E-state index is 12.6. The number of ketones is 1. The summed E-state index contributed by atoms with van der Waals surface area (Å²) in [5.74, 6) is 0.000819. The lowest BCUT2D eigenvalue weighted by atomic mass is 9.99. The van der Waals surface area contributed by atoms with Gasteiger partial charge in [0.2, 0.25) is 0 Å². The van der Waals surface area contributed by atoms with E-state index < -0.39 is 0 Å². The summed E-state index contributed by atoms with van der Waals surface area (Å²) in [5.41, 5.74) is 2.62. The Labute approximate surface area is 168 Å². The molecule has 28 heavy (non-hydrogen) atoms. The smallest absolute Gasteiger partial charge is 0.189 e. The lowest BCUT2D eigenvalue weighted by Gasteiger charge is -2.24. The molecule has 3 aromatic rings. The van der Waals surface area contributed by atoms with Crippen molar-refractivity contribution >= 4 is 28.5 Å². The zero-order valence-corrected chi connectivity index (χ0v) is 15.6. The molecule has 1 N–H and O–H groups in total. The third kappa shape index (κ3) is 3.71. The van der Waals surface area contributed by atoms with Crippen molar-refractivity contribution in [3.63, 3.8) is 0 Å². The standard InChI is InChI=1S/C24H17ClO3/c25-20-14-23(17-9-5-2-6-10-17)28-24-15-22(27)19(13-18(20)24)21(26)12-11-16-7-3-1-4-8-16/h1-15,23,27H/b12-11+. The Bertz CT molecular complexity index is 1070. The maximum atomic E-state index is 12.6. The summed E-state index contributed by atoms with van der Waals surface area (Å²) < 4.78 is 5.98. The van der Waals surface area contributed by atoms with Crippen LogP contribution in [0.3, 0.4) is 0 Å². The van der Waals surface area contributed by atoms with Gasteiger partial charge in [0.05, 0.1) is 10.6 Å². The number of allylic oxidation sites excluding steroid dienone is 1. The van der Waals surface area contributed by atoms with E-state index in [1.807, 2.05) is 60.7 Å². The molecule has 4 heteroatoms. The predicted octanol–water partition coefficient (Wildman–Crippen LogP) is 6.00. The second-order valence-electron chi connectivity index (χ2n) is 6.44. The number of halogens is 1. The van der Waals surface area contributed by atoms with Crippen molar-refractivity contribution in [2.45, 2.75) is 6.10 Å². The van der Waals surface area contributed by atoms with Gasteiger partial charge in [0.15, 0.2) is 5.78 Å². The van der Waals surface area contributed by atoms with Gasteiger partial charge in [0, 0.05) is 11.6 Å². The molecule has 1 aliphatic rings. The molecule has 0 saturated carbocycles. The third-order valence-corrected chi connectivity index (χ3v) is 4.86. The Hall–Kier alpha value is -3.30. The van der Waals surface area contributed by atoms with Gasteiger partial charge in [-0.1, -0.05) is 78.3 Å². The van der Waals surface area contributed by atoms with Crippen LogP contribution >= 0.6 is 11.6 Å². The SMILES string of the molecule is O=C(/C=C/c1ccccc1)c1cc2c(cc1O)OC(c1ccccc1)C=C2Cl. The van der Waals surface area contributed by atoms with Crippen LogP contribution in [0.1, 0.15) is 33.2 Å². The van der Waals surface area contributed by atoms with Gasteiger partial charge in [-0.05, 0) is 29.3 Å². The number of fused-ring (bicyclic) bond motifs is 1. The summed E-state index contributed by atoms with van der Waals surface area (Å²) >= 11 is 6.46.